The molecule has 0 saturated carbocycles. The molecule has 2 aromatic rings. The maximum Gasteiger partial charge on any atom is 0.191 e. The van der Waals surface area contributed by atoms with E-state index in [4.69, 9.17) is 9.47 Å². The van der Waals surface area contributed by atoms with Crippen molar-refractivity contribution < 1.29 is 9.47 Å². The molecular weight excluding hydrogens is 372 g/mol. The van der Waals surface area contributed by atoms with Crippen molar-refractivity contribution in [3.05, 3.63) is 52.2 Å². The molecule has 152 valence electrons. The van der Waals surface area contributed by atoms with Gasteiger partial charge in [0, 0.05) is 38.1 Å². The Morgan fingerprint density at radius 2 is 2.11 bits per heavy atom. The van der Waals surface area contributed by atoms with Gasteiger partial charge in [-0.15, -0.1) is 11.3 Å². The van der Waals surface area contributed by atoms with Crippen LogP contribution >= 0.6 is 11.3 Å². The summed E-state index contributed by atoms with van der Waals surface area (Å²) >= 11 is 1.80. The van der Waals surface area contributed by atoms with E-state index >= 15 is 0 Å². The van der Waals surface area contributed by atoms with Gasteiger partial charge in [0.25, 0.3) is 0 Å². The van der Waals surface area contributed by atoms with E-state index in [-0.39, 0.29) is 0 Å². The molecule has 1 aromatic heterocycles. The molecule has 7 heteroatoms. The molecule has 2 heterocycles. The summed E-state index contributed by atoms with van der Waals surface area (Å²) in [5.74, 6) is 1.70. The van der Waals surface area contributed by atoms with E-state index in [2.05, 4.69) is 50.2 Å². The smallest absolute Gasteiger partial charge is 0.191 e. The Morgan fingerprint density at radius 3 is 2.82 bits per heavy atom. The summed E-state index contributed by atoms with van der Waals surface area (Å²) < 4.78 is 11.1. The minimum Gasteiger partial charge on any atom is -0.494 e. The summed E-state index contributed by atoms with van der Waals surface area (Å²) in [5.41, 5.74) is 1.16. The van der Waals surface area contributed by atoms with Crippen molar-refractivity contribution in [2.75, 3.05) is 46.5 Å². The van der Waals surface area contributed by atoms with E-state index in [1.807, 2.05) is 19.1 Å². The quantitative estimate of drug-likeness (QED) is 0.525. The molecule has 1 aromatic carbocycles. The molecule has 1 fully saturated rings. The van der Waals surface area contributed by atoms with Crippen LogP contribution in [0, 0.1) is 0 Å². The van der Waals surface area contributed by atoms with Crippen molar-refractivity contribution in [1.82, 2.24) is 15.5 Å². The van der Waals surface area contributed by atoms with Crippen LogP contribution in [0.3, 0.4) is 0 Å². The van der Waals surface area contributed by atoms with Gasteiger partial charge in [0.2, 0.25) is 0 Å². The molecule has 1 aliphatic heterocycles. The fourth-order valence-electron chi connectivity index (χ4n) is 3.29. The summed E-state index contributed by atoms with van der Waals surface area (Å²) in [4.78, 5) is 8.24. The number of nitrogens with zero attached hydrogens (tertiary/aromatic N) is 2. The third-order valence-electron chi connectivity index (χ3n) is 4.71. The van der Waals surface area contributed by atoms with Crippen molar-refractivity contribution in [1.29, 1.82) is 0 Å². The Labute approximate surface area is 171 Å². The Kier molecular flexibility index (Phi) is 8.14. The highest BCUT2D eigenvalue weighted by molar-refractivity contribution is 7.10. The second kappa shape index (κ2) is 11.0. The Morgan fingerprint density at radius 1 is 1.25 bits per heavy atom. The zero-order valence-corrected chi connectivity index (χ0v) is 17.5. The van der Waals surface area contributed by atoms with Gasteiger partial charge in [-0.1, -0.05) is 18.2 Å². The molecule has 2 N–H and O–H groups in total. The number of thiophene rings is 1. The second-order valence-electron chi connectivity index (χ2n) is 6.57. The summed E-state index contributed by atoms with van der Waals surface area (Å²) in [6.07, 6.45) is 0. The Balaban J connectivity index is 1.56. The van der Waals surface area contributed by atoms with E-state index in [1.54, 1.807) is 18.4 Å². The Bertz CT molecular complexity index is 730. The van der Waals surface area contributed by atoms with Gasteiger partial charge in [0.15, 0.2) is 5.96 Å². The van der Waals surface area contributed by atoms with E-state index in [9.17, 15) is 0 Å². The normalized spacial score (nSPS) is 16.6. The number of rotatable bonds is 8. The van der Waals surface area contributed by atoms with E-state index in [0.29, 0.717) is 19.2 Å². The lowest BCUT2D eigenvalue weighted by atomic mass is 10.2. The predicted molar refractivity (Wildman–Crippen MR) is 115 cm³/mol. The Hall–Kier alpha value is -2.09. The van der Waals surface area contributed by atoms with Gasteiger partial charge in [0.1, 0.15) is 5.75 Å². The van der Waals surface area contributed by atoms with E-state index in [1.165, 1.54) is 4.88 Å². The highest BCUT2D eigenvalue weighted by Gasteiger charge is 2.23. The SMILES string of the molecule is CCOc1cccc(CNC(=NC)NCC(c2cccs2)N2CCOCC2)c1. The first-order chi connectivity index (χ1) is 13.8. The highest BCUT2D eigenvalue weighted by Crippen LogP contribution is 2.25. The van der Waals surface area contributed by atoms with Gasteiger partial charge < -0.3 is 20.1 Å². The van der Waals surface area contributed by atoms with Crippen LogP contribution in [0.1, 0.15) is 23.4 Å². The van der Waals surface area contributed by atoms with Crippen LogP contribution < -0.4 is 15.4 Å². The number of hydrogen-bond acceptors (Lipinski definition) is 5. The fourth-order valence-corrected chi connectivity index (χ4v) is 4.15. The summed E-state index contributed by atoms with van der Waals surface area (Å²) in [7, 11) is 1.81. The summed E-state index contributed by atoms with van der Waals surface area (Å²) in [6.45, 7) is 7.68. The monoisotopic (exact) mass is 402 g/mol. The molecule has 0 bridgehead atoms. The first-order valence-electron chi connectivity index (χ1n) is 9.81. The van der Waals surface area contributed by atoms with E-state index < -0.39 is 0 Å². The first kappa shape index (κ1) is 20.6. The van der Waals surface area contributed by atoms with Crippen molar-refractivity contribution in [3.63, 3.8) is 0 Å². The van der Waals surface area contributed by atoms with Crippen LogP contribution in [0.4, 0.5) is 0 Å². The van der Waals surface area contributed by atoms with Gasteiger partial charge in [-0.25, -0.2) is 0 Å². The molecule has 1 saturated heterocycles. The largest absolute Gasteiger partial charge is 0.494 e. The fraction of sp³-hybridized carbons (Fsp3) is 0.476. The number of benzene rings is 1. The maximum atomic E-state index is 5.58. The molecule has 1 aliphatic rings. The van der Waals surface area contributed by atoms with Gasteiger partial charge in [0.05, 0.1) is 25.9 Å². The standard InChI is InChI=1S/C21H30N4O2S/c1-3-27-18-7-4-6-17(14-18)15-23-21(22-2)24-16-19(20-8-5-13-28-20)25-9-11-26-12-10-25/h4-8,13-14,19H,3,9-12,15-16H2,1-2H3,(H2,22,23,24). The van der Waals surface area contributed by atoms with Gasteiger partial charge >= 0.3 is 0 Å². The lowest BCUT2D eigenvalue weighted by molar-refractivity contribution is 0.0177. The number of nitrogens with one attached hydrogen (secondary N) is 2. The van der Waals surface area contributed by atoms with Crippen LogP contribution in [-0.4, -0.2) is 57.4 Å². The topological polar surface area (TPSA) is 58.1 Å². The minimum absolute atomic E-state index is 0.323. The van der Waals surface area contributed by atoms with Gasteiger partial charge in [-0.2, -0.15) is 0 Å². The van der Waals surface area contributed by atoms with Gasteiger partial charge in [-0.3, -0.25) is 9.89 Å². The zero-order chi connectivity index (χ0) is 19.6. The molecule has 1 atom stereocenters. The molecular formula is C21H30N4O2S. The highest BCUT2D eigenvalue weighted by atomic mass is 32.1. The van der Waals surface area contributed by atoms with Crippen molar-refractivity contribution in [2.24, 2.45) is 4.99 Å². The lowest BCUT2D eigenvalue weighted by Gasteiger charge is -2.34. The van der Waals surface area contributed by atoms with Crippen LogP contribution in [0.15, 0.2) is 46.8 Å². The molecule has 6 nitrogen and oxygen atoms in total. The van der Waals surface area contributed by atoms with Crippen molar-refractivity contribution in [3.8, 4) is 5.75 Å². The summed E-state index contributed by atoms with van der Waals surface area (Å²) in [6, 6.07) is 12.8. The lowest BCUT2D eigenvalue weighted by Crippen LogP contribution is -2.46. The summed E-state index contributed by atoms with van der Waals surface area (Å²) in [5, 5.41) is 9.04. The number of aliphatic imine (C=N–C) groups is 1. The number of guanidine groups is 1. The molecule has 1 unspecified atom stereocenters. The van der Waals surface area contributed by atoms with Crippen molar-refractivity contribution >= 4 is 17.3 Å². The average molecular weight is 403 g/mol. The number of ether oxygens (including phenoxy) is 2. The van der Waals surface area contributed by atoms with Crippen LogP contribution in [0.5, 0.6) is 5.75 Å². The molecule has 3 rings (SSSR count). The molecule has 0 radical (unpaired) electrons. The molecule has 0 aliphatic carbocycles. The predicted octanol–water partition coefficient (Wildman–Crippen LogP) is 2.89. The van der Waals surface area contributed by atoms with E-state index in [0.717, 1.165) is 50.1 Å². The van der Waals surface area contributed by atoms with Crippen LogP contribution in [-0.2, 0) is 11.3 Å². The third kappa shape index (κ3) is 5.95. The molecule has 0 spiro atoms. The number of morpholine rings is 1. The minimum atomic E-state index is 0.323. The second-order valence-corrected chi connectivity index (χ2v) is 7.55. The van der Waals surface area contributed by atoms with Crippen LogP contribution in [0.25, 0.3) is 0 Å². The number of hydrogen-bond donors (Lipinski definition) is 2. The van der Waals surface area contributed by atoms with Crippen molar-refractivity contribution in [2.45, 2.75) is 19.5 Å². The third-order valence-corrected chi connectivity index (χ3v) is 5.69. The maximum absolute atomic E-state index is 5.58. The van der Waals surface area contributed by atoms with Gasteiger partial charge in [-0.05, 0) is 36.1 Å². The molecule has 0 amide bonds. The first-order valence-corrected chi connectivity index (χ1v) is 10.7. The van der Waals surface area contributed by atoms with Crippen LogP contribution in [0.2, 0.25) is 0 Å². The average Bonchev–Trinajstić information content (AvgIpc) is 3.26. The zero-order valence-electron chi connectivity index (χ0n) is 16.7. The molecule has 28 heavy (non-hydrogen) atoms.